The van der Waals surface area contributed by atoms with Crippen LogP contribution in [0.3, 0.4) is 0 Å². The lowest BCUT2D eigenvalue weighted by molar-refractivity contribution is -0.115. The highest BCUT2D eigenvalue weighted by molar-refractivity contribution is 7.99. The van der Waals surface area contributed by atoms with Gasteiger partial charge in [0.2, 0.25) is 11.8 Å². The van der Waals surface area contributed by atoms with Crippen molar-refractivity contribution in [3.63, 3.8) is 0 Å². The number of nitrogens with zero attached hydrogens (tertiary/aromatic N) is 2. The third kappa shape index (κ3) is 3.74. The van der Waals surface area contributed by atoms with Crippen molar-refractivity contribution in [2.24, 2.45) is 0 Å². The minimum atomic E-state index is -0.0672. The van der Waals surface area contributed by atoms with Gasteiger partial charge in [-0.25, -0.2) is 0 Å². The van der Waals surface area contributed by atoms with E-state index in [2.05, 4.69) is 15.5 Å². The van der Waals surface area contributed by atoms with Crippen LogP contribution >= 0.6 is 11.8 Å². The summed E-state index contributed by atoms with van der Waals surface area (Å²) < 4.78 is 5.21. The molecule has 0 unspecified atom stereocenters. The van der Waals surface area contributed by atoms with Gasteiger partial charge in [0.15, 0.2) is 0 Å². The van der Waals surface area contributed by atoms with E-state index in [1.165, 1.54) is 11.8 Å². The first-order valence-electron chi connectivity index (χ1n) is 6.14. The maximum Gasteiger partial charge on any atom is 0.276 e. The number of rotatable bonds is 5. The van der Waals surface area contributed by atoms with Gasteiger partial charge in [-0.15, -0.1) is 10.2 Å². The predicted octanol–water partition coefficient (Wildman–Crippen LogP) is 2.39. The summed E-state index contributed by atoms with van der Waals surface area (Å²) in [6.07, 6.45) is 0.361. The van der Waals surface area contributed by atoms with Crippen molar-refractivity contribution in [1.29, 1.82) is 0 Å². The molecule has 1 amide bonds. The summed E-state index contributed by atoms with van der Waals surface area (Å²) in [5, 5.41) is 10.9. The van der Waals surface area contributed by atoms with Gasteiger partial charge in [-0.3, -0.25) is 4.79 Å². The number of carbonyl (C=O) groups excluding carboxylic acids is 1. The lowest BCUT2D eigenvalue weighted by Crippen LogP contribution is -2.13. The van der Waals surface area contributed by atoms with Crippen LogP contribution in [-0.2, 0) is 4.79 Å². The molecule has 0 aliphatic rings. The molecule has 0 radical (unpaired) electrons. The fraction of sp³-hybridized carbons (Fsp3) is 0.308. The first kappa shape index (κ1) is 14.4. The number of hydrogen-bond acceptors (Lipinski definition) is 6. The molecule has 0 saturated carbocycles. The van der Waals surface area contributed by atoms with Crippen LogP contribution in [0, 0.1) is 13.8 Å². The van der Waals surface area contributed by atoms with Crippen LogP contribution in [0.1, 0.15) is 17.9 Å². The highest BCUT2D eigenvalue weighted by Gasteiger charge is 2.08. The van der Waals surface area contributed by atoms with E-state index in [0.29, 0.717) is 29.0 Å². The molecular weight excluding hydrogens is 276 g/mol. The van der Waals surface area contributed by atoms with E-state index in [4.69, 9.17) is 10.2 Å². The first-order valence-corrected chi connectivity index (χ1v) is 7.12. The summed E-state index contributed by atoms with van der Waals surface area (Å²) in [6.45, 7) is 3.60. The van der Waals surface area contributed by atoms with Crippen molar-refractivity contribution >= 4 is 29.0 Å². The van der Waals surface area contributed by atoms with Gasteiger partial charge < -0.3 is 15.5 Å². The Morgan fingerprint density at radius 1 is 1.40 bits per heavy atom. The molecule has 0 saturated heterocycles. The first-order chi connectivity index (χ1) is 9.56. The Hall–Kier alpha value is -2.02. The van der Waals surface area contributed by atoms with Gasteiger partial charge in [0.25, 0.3) is 5.22 Å². The summed E-state index contributed by atoms with van der Waals surface area (Å²) in [6, 6.07) is 5.45. The number of aryl methyl sites for hydroxylation is 1. The van der Waals surface area contributed by atoms with Crippen LogP contribution in [-0.4, -0.2) is 21.9 Å². The molecule has 0 atom stereocenters. The minimum absolute atomic E-state index is 0.0672. The van der Waals surface area contributed by atoms with Crippen molar-refractivity contribution in [3.8, 4) is 0 Å². The average molecular weight is 292 g/mol. The van der Waals surface area contributed by atoms with Gasteiger partial charge in [0.05, 0.1) is 0 Å². The molecule has 106 valence electrons. The van der Waals surface area contributed by atoms with E-state index in [0.717, 1.165) is 11.3 Å². The Bertz CT molecular complexity index is 612. The molecule has 0 spiro atoms. The predicted molar refractivity (Wildman–Crippen MR) is 78.6 cm³/mol. The van der Waals surface area contributed by atoms with E-state index in [1.54, 1.807) is 13.0 Å². The van der Waals surface area contributed by atoms with Crippen molar-refractivity contribution in [2.75, 3.05) is 16.8 Å². The standard InChI is InChI=1S/C13H16N4O2S/c1-8-10(14)4-3-5-11(8)15-12(18)6-7-20-13-17-16-9(2)19-13/h3-5H,6-7,14H2,1-2H3,(H,15,18). The molecule has 0 aliphatic carbocycles. The van der Waals surface area contributed by atoms with Gasteiger partial charge in [-0.1, -0.05) is 17.8 Å². The molecule has 3 N–H and O–H groups in total. The average Bonchev–Trinajstić information content (AvgIpc) is 2.81. The fourth-order valence-corrected chi connectivity index (χ4v) is 2.31. The highest BCUT2D eigenvalue weighted by atomic mass is 32.2. The van der Waals surface area contributed by atoms with E-state index in [9.17, 15) is 4.79 Å². The number of amides is 1. The Morgan fingerprint density at radius 3 is 2.90 bits per heavy atom. The Kier molecular flexibility index (Phi) is 4.62. The molecule has 7 heteroatoms. The molecule has 6 nitrogen and oxygen atoms in total. The van der Waals surface area contributed by atoms with Crippen molar-refractivity contribution in [2.45, 2.75) is 25.5 Å². The lowest BCUT2D eigenvalue weighted by atomic mass is 10.1. The summed E-state index contributed by atoms with van der Waals surface area (Å²) in [5.41, 5.74) is 8.08. The second-order valence-electron chi connectivity index (χ2n) is 4.25. The van der Waals surface area contributed by atoms with E-state index < -0.39 is 0 Å². The number of thioether (sulfide) groups is 1. The second kappa shape index (κ2) is 6.42. The topological polar surface area (TPSA) is 94.0 Å². The second-order valence-corrected chi connectivity index (χ2v) is 5.30. The van der Waals surface area contributed by atoms with Crippen molar-refractivity contribution < 1.29 is 9.21 Å². The summed E-state index contributed by atoms with van der Waals surface area (Å²) >= 11 is 1.36. The molecule has 0 aliphatic heterocycles. The Labute approximate surface area is 121 Å². The smallest absolute Gasteiger partial charge is 0.276 e. The monoisotopic (exact) mass is 292 g/mol. The third-order valence-electron chi connectivity index (χ3n) is 2.71. The van der Waals surface area contributed by atoms with Crippen LogP contribution in [0.5, 0.6) is 0 Å². The number of benzene rings is 1. The number of nitrogen functional groups attached to an aromatic ring is 1. The molecule has 1 heterocycles. The molecule has 1 aromatic carbocycles. The van der Waals surface area contributed by atoms with E-state index >= 15 is 0 Å². The number of hydrogen-bond donors (Lipinski definition) is 2. The molecule has 2 aromatic rings. The van der Waals surface area contributed by atoms with E-state index in [1.807, 2.05) is 19.1 Å². The fourth-order valence-electron chi connectivity index (χ4n) is 1.57. The quantitative estimate of drug-likeness (QED) is 0.649. The molecule has 2 rings (SSSR count). The van der Waals surface area contributed by atoms with Gasteiger partial charge in [0.1, 0.15) is 0 Å². The van der Waals surface area contributed by atoms with E-state index in [-0.39, 0.29) is 5.91 Å². The van der Waals surface area contributed by atoms with Crippen LogP contribution in [0.25, 0.3) is 0 Å². The summed E-state index contributed by atoms with van der Waals surface area (Å²) in [7, 11) is 0. The zero-order valence-electron chi connectivity index (χ0n) is 11.3. The third-order valence-corrected chi connectivity index (χ3v) is 3.53. The SMILES string of the molecule is Cc1nnc(SCCC(=O)Nc2cccc(N)c2C)o1. The van der Waals surface area contributed by atoms with Crippen molar-refractivity contribution in [1.82, 2.24) is 10.2 Å². The highest BCUT2D eigenvalue weighted by Crippen LogP contribution is 2.21. The largest absolute Gasteiger partial charge is 0.416 e. The molecule has 0 bridgehead atoms. The van der Waals surface area contributed by atoms with Gasteiger partial charge in [-0.2, -0.15) is 0 Å². The maximum atomic E-state index is 11.8. The number of anilines is 2. The summed E-state index contributed by atoms with van der Waals surface area (Å²) in [5.74, 6) is 1.03. The maximum absolute atomic E-state index is 11.8. The van der Waals surface area contributed by atoms with Gasteiger partial charge in [0, 0.05) is 30.5 Å². The number of aromatic nitrogens is 2. The zero-order valence-corrected chi connectivity index (χ0v) is 12.2. The lowest BCUT2D eigenvalue weighted by Gasteiger charge is -2.09. The van der Waals surface area contributed by atoms with Gasteiger partial charge in [-0.05, 0) is 24.6 Å². The Balaban J connectivity index is 1.82. The van der Waals surface area contributed by atoms with Crippen LogP contribution in [0.2, 0.25) is 0 Å². The van der Waals surface area contributed by atoms with Crippen molar-refractivity contribution in [3.05, 3.63) is 29.7 Å². The van der Waals surface area contributed by atoms with Crippen LogP contribution in [0.15, 0.2) is 27.8 Å². The molecule has 0 fully saturated rings. The number of nitrogens with one attached hydrogen (secondary N) is 1. The van der Waals surface area contributed by atoms with Gasteiger partial charge >= 0.3 is 0 Å². The Morgan fingerprint density at radius 2 is 2.20 bits per heavy atom. The molecule has 20 heavy (non-hydrogen) atoms. The summed E-state index contributed by atoms with van der Waals surface area (Å²) in [4.78, 5) is 11.8. The minimum Gasteiger partial charge on any atom is -0.416 e. The number of carbonyl (C=O) groups is 1. The zero-order chi connectivity index (χ0) is 14.5. The molecule has 1 aromatic heterocycles. The van der Waals surface area contributed by atoms with Crippen LogP contribution < -0.4 is 11.1 Å². The molecular formula is C13H16N4O2S. The number of nitrogens with two attached hydrogens (primary N) is 1. The normalized spacial score (nSPS) is 10.5. The van der Waals surface area contributed by atoms with Crippen LogP contribution in [0.4, 0.5) is 11.4 Å².